The molecular weight excluding hydrogens is 962 g/mol. The number of aryl methyl sites for hydroxylation is 1. The number of benzene rings is 8. The van der Waals surface area contributed by atoms with Crippen molar-refractivity contribution in [2.24, 2.45) is 0 Å². The Morgan fingerprint density at radius 2 is 1.27 bits per heavy atom. The summed E-state index contributed by atoms with van der Waals surface area (Å²) in [6.45, 7) is 6.79. The standard InChI is InChI=1S/C58H41N5.Pt/c1-37-31-32-59-54(33-37)63-52-34-39(29-30-44(52)48-35-47(38-17-7-4-8-18-38)49(36-53(48)63)58(2,3)40-19-9-5-10-20-40)42-24-16-28-51-56(42)61-57(62(51)41-21-11-6-12-22-41)46-26-15-25-45-43-23-13-14-27-50(43)60-55(45)46;/h4-33,35-36H,1-3H3;/q-2;+2. The molecule has 0 aliphatic heterocycles. The number of fused-ring (bicyclic) bond motifs is 7. The molecule has 12 rings (SSSR count). The van der Waals surface area contributed by atoms with E-state index in [2.05, 4.69) is 218 Å². The number of rotatable bonds is 7. The number of nitrogens with zero attached hydrogens (tertiary/aromatic N) is 5. The molecule has 0 amide bonds. The summed E-state index contributed by atoms with van der Waals surface area (Å²) in [5.74, 6) is 1.70. The molecule has 6 heteroatoms. The van der Waals surface area contributed by atoms with Gasteiger partial charge in [0.25, 0.3) is 0 Å². The third-order valence-electron chi connectivity index (χ3n) is 12.9. The van der Waals surface area contributed by atoms with Gasteiger partial charge < -0.3 is 9.55 Å². The van der Waals surface area contributed by atoms with Gasteiger partial charge in [0.05, 0.1) is 11.0 Å². The molecule has 0 aliphatic carbocycles. The van der Waals surface area contributed by atoms with E-state index in [0.29, 0.717) is 0 Å². The first-order valence-electron chi connectivity index (χ1n) is 21.5. The van der Waals surface area contributed by atoms with Gasteiger partial charge in [0.1, 0.15) is 11.6 Å². The molecule has 0 unspecified atom stereocenters. The van der Waals surface area contributed by atoms with Crippen molar-refractivity contribution >= 4 is 54.6 Å². The fourth-order valence-electron chi connectivity index (χ4n) is 9.72. The van der Waals surface area contributed by atoms with Crippen molar-refractivity contribution < 1.29 is 21.1 Å². The molecule has 5 nitrogen and oxygen atoms in total. The minimum absolute atomic E-state index is 0. The van der Waals surface area contributed by atoms with Crippen molar-refractivity contribution in [3.63, 3.8) is 0 Å². The summed E-state index contributed by atoms with van der Waals surface area (Å²) in [6, 6.07) is 70.9. The smallest absolute Gasteiger partial charge is 0.656 e. The minimum Gasteiger partial charge on any atom is -0.656 e. The predicted molar refractivity (Wildman–Crippen MR) is 260 cm³/mol. The Morgan fingerprint density at radius 3 is 2.06 bits per heavy atom. The maximum Gasteiger partial charge on any atom is 2.00 e. The first-order valence-corrected chi connectivity index (χ1v) is 21.5. The number of hydrogen-bond acceptors (Lipinski definition) is 2. The normalized spacial score (nSPS) is 11.9. The van der Waals surface area contributed by atoms with Crippen LogP contribution in [0.3, 0.4) is 0 Å². The average molecular weight is 1000 g/mol. The molecule has 0 saturated carbocycles. The van der Waals surface area contributed by atoms with E-state index in [1.54, 1.807) is 0 Å². The molecule has 0 radical (unpaired) electrons. The maximum atomic E-state index is 5.57. The molecule has 0 spiro atoms. The van der Waals surface area contributed by atoms with Crippen molar-refractivity contribution in [2.45, 2.75) is 26.2 Å². The third-order valence-corrected chi connectivity index (χ3v) is 12.9. The van der Waals surface area contributed by atoms with Gasteiger partial charge in [0.2, 0.25) is 0 Å². The maximum absolute atomic E-state index is 5.57. The van der Waals surface area contributed by atoms with Crippen LogP contribution >= 0.6 is 0 Å². The van der Waals surface area contributed by atoms with Crippen molar-refractivity contribution in [1.82, 2.24) is 24.1 Å². The van der Waals surface area contributed by atoms with Crippen LogP contribution < -0.4 is 4.98 Å². The van der Waals surface area contributed by atoms with Crippen LogP contribution in [-0.2, 0) is 26.5 Å². The molecule has 0 N–H and O–H groups in total. The van der Waals surface area contributed by atoms with Gasteiger partial charge in [0, 0.05) is 28.4 Å². The second kappa shape index (κ2) is 15.5. The fraction of sp³-hybridized carbons (Fsp3) is 0.0690. The van der Waals surface area contributed by atoms with Crippen LogP contribution in [0.4, 0.5) is 0 Å². The van der Waals surface area contributed by atoms with Crippen molar-refractivity contribution in [2.75, 3.05) is 0 Å². The van der Waals surface area contributed by atoms with Crippen LogP contribution in [0.5, 0.6) is 0 Å². The van der Waals surface area contributed by atoms with Crippen LogP contribution in [0.25, 0.3) is 99.8 Å². The zero-order chi connectivity index (χ0) is 42.2. The summed E-state index contributed by atoms with van der Waals surface area (Å²) >= 11 is 0. The molecule has 0 fully saturated rings. The van der Waals surface area contributed by atoms with Gasteiger partial charge in [-0.2, -0.15) is 0 Å². The minimum atomic E-state index is -0.309. The van der Waals surface area contributed by atoms with Crippen LogP contribution in [-0.4, -0.2) is 19.1 Å². The SMILES string of the molecule is Cc1ccnc(-n2c3[c-]c(-c4cccc5c4nc(-c4cccc6c4[n-]c4ccccc46)n5-c4ccccc4)ccc3c3cc(-c4ccccc4)c(C(C)(C)c4ccccc4)cc32)c1.[Pt+2]. The van der Waals surface area contributed by atoms with E-state index in [9.17, 15) is 0 Å². The molecule has 0 saturated heterocycles. The summed E-state index contributed by atoms with van der Waals surface area (Å²) in [5, 5.41) is 4.53. The summed E-state index contributed by atoms with van der Waals surface area (Å²) in [4.78, 5) is 15.7. The van der Waals surface area contributed by atoms with Crippen LogP contribution in [0.1, 0.15) is 30.5 Å². The zero-order valence-electron chi connectivity index (χ0n) is 35.5. The second-order valence-electron chi connectivity index (χ2n) is 17.0. The van der Waals surface area contributed by atoms with Crippen molar-refractivity contribution in [3.8, 4) is 45.1 Å². The quantitative estimate of drug-likeness (QED) is 0.150. The van der Waals surface area contributed by atoms with Crippen LogP contribution in [0.15, 0.2) is 194 Å². The van der Waals surface area contributed by atoms with Crippen LogP contribution in [0.2, 0.25) is 0 Å². The number of para-hydroxylation sites is 4. The average Bonchev–Trinajstić information content (AvgIpc) is 4.01. The second-order valence-corrected chi connectivity index (χ2v) is 17.0. The van der Waals surface area contributed by atoms with Gasteiger partial charge in [-0.15, -0.1) is 34.8 Å². The molecule has 64 heavy (non-hydrogen) atoms. The Kier molecular flexibility index (Phi) is 9.56. The predicted octanol–water partition coefficient (Wildman–Crippen LogP) is 14.2. The Balaban J connectivity index is 0.00000456. The summed E-state index contributed by atoms with van der Waals surface area (Å²) in [6.07, 6.45) is 1.91. The molecule has 4 aromatic heterocycles. The summed E-state index contributed by atoms with van der Waals surface area (Å²) in [5.41, 5.74) is 15.6. The number of aromatic nitrogens is 5. The Hall–Kier alpha value is -7.33. The Morgan fingerprint density at radius 1 is 0.562 bits per heavy atom. The zero-order valence-corrected chi connectivity index (χ0v) is 37.8. The van der Waals surface area contributed by atoms with Gasteiger partial charge in [-0.3, -0.25) is 4.57 Å². The fourth-order valence-corrected chi connectivity index (χ4v) is 9.72. The molecule has 0 atom stereocenters. The molecular formula is C58H41N5Pt. The number of imidazole rings is 1. The van der Waals surface area contributed by atoms with Gasteiger partial charge in [-0.25, -0.2) is 9.97 Å². The van der Waals surface area contributed by atoms with Gasteiger partial charge in [0.15, 0.2) is 0 Å². The third kappa shape index (κ3) is 6.25. The van der Waals surface area contributed by atoms with E-state index in [-0.39, 0.29) is 26.5 Å². The van der Waals surface area contributed by atoms with E-state index in [0.717, 1.165) is 94.2 Å². The first kappa shape index (κ1) is 39.5. The largest absolute Gasteiger partial charge is 2.00 e. The molecule has 12 aromatic rings. The van der Waals surface area contributed by atoms with E-state index in [1.807, 2.05) is 12.3 Å². The molecule has 308 valence electrons. The van der Waals surface area contributed by atoms with E-state index in [4.69, 9.17) is 15.0 Å². The van der Waals surface area contributed by atoms with E-state index in [1.165, 1.54) is 22.3 Å². The van der Waals surface area contributed by atoms with Gasteiger partial charge in [-0.1, -0.05) is 164 Å². The number of hydrogen-bond donors (Lipinski definition) is 0. The monoisotopic (exact) mass is 1000 g/mol. The van der Waals surface area contributed by atoms with E-state index >= 15 is 0 Å². The van der Waals surface area contributed by atoms with Crippen molar-refractivity contribution in [1.29, 1.82) is 0 Å². The first-order chi connectivity index (χ1) is 30.9. The molecule has 0 bridgehead atoms. The van der Waals surface area contributed by atoms with Gasteiger partial charge >= 0.3 is 21.1 Å². The topological polar surface area (TPSA) is 49.7 Å². The Bertz CT molecular complexity index is 3710. The summed E-state index contributed by atoms with van der Waals surface area (Å²) in [7, 11) is 0. The Labute approximate surface area is 386 Å². The molecule has 8 aromatic carbocycles. The summed E-state index contributed by atoms with van der Waals surface area (Å²) < 4.78 is 4.58. The van der Waals surface area contributed by atoms with Gasteiger partial charge in [-0.05, 0) is 92.8 Å². The van der Waals surface area contributed by atoms with E-state index < -0.39 is 0 Å². The number of pyridine rings is 1. The molecule has 4 heterocycles. The molecule has 0 aliphatic rings. The van der Waals surface area contributed by atoms with Crippen molar-refractivity contribution in [3.05, 3.63) is 217 Å². The van der Waals surface area contributed by atoms with Crippen LogP contribution in [0, 0.1) is 13.0 Å².